The zero-order valence-corrected chi connectivity index (χ0v) is 11.4. The first-order valence-electron chi connectivity index (χ1n) is 6.22. The zero-order valence-electron chi connectivity index (χ0n) is 10.6. The molecule has 1 heterocycles. The second-order valence-electron chi connectivity index (χ2n) is 4.30. The van der Waals surface area contributed by atoms with E-state index in [1.54, 1.807) is 11.0 Å². The van der Waals surface area contributed by atoms with Crippen LogP contribution in [0.4, 0.5) is 4.79 Å². The summed E-state index contributed by atoms with van der Waals surface area (Å²) in [6.45, 7) is 5.65. The van der Waals surface area contributed by atoms with Gasteiger partial charge in [-0.05, 0) is 6.07 Å². The highest BCUT2D eigenvalue weighted by Crippen LogP contribution is 2.28. The van der Waals surface area contributed by atoms with Crippen LogP contribution in [0, 0.1) is 0 Å². The van der Waals surface area contributed by atoms with Crippen LogP contribution < -0.4 is 5.32 Å². The van der Waals surface area contributed by atoms with Gasteiger partial charge >= 0.3 is 6.03 Å². The lowest BCUT2D eigenvalue weighted by atomic mass is 10.1. The van der Waals surface area contributed by atoms with E-state index >= 15 is 0 Å². The molecular formula is C14H17ClN2O2. The van der Waals surface area contributed by atoms with Crippen LogP contribution in [0.1, 0.15) is 11.7 Å². The number of nitrogens with one attached hydrogen (secondary N) is 1. The molecule has 0 saturated carbocycles. The Labute approximate surface area is 118 Å². The second-order valence-corrected chi connectivity index (χ2v) is 4.71. The summed E-state index contributed by atoms with van der Waals surface area (Å²) in [7, 11) is 0. The number of urea groups is 1. The minimum absolute atomic E-state index is 0.0970. The van der Waals surface area contributed by atoms with Gasteiger partial charge in [0.15, 0.2) is 0 Å². The van der Waals surface area contributed by atoms with Gasteiger partial charge in [0.2, 0.25) is 0 Å². The number of hydrogen-bond donors (Lipinski definition) is 1. The molecule has 0 spiro atoms. The average Bonchev–Trinajstić information content (AvgIpc) is 2.45. The monoisotopic (exact) mass is 280 g/mol. The van der Waals surface area contributed by atoms with Gasteiger partial charge in [0.1, 0.15) is 6.10 Å². The molecule has 0 radical (unpaired) electrons. The van der Waals surface area contributed by atoms with Gasteiger partial charge in [-0.2, -0.15) is 0 Å². The van der Waals surface area contributed by atoms with Crippen molar-refractivity contribution in [1.29, 1.82) is 0 Å². The molecule has 0 bridgehead atoms. The summed E-state index contributed by atoms with van der Waals surface area (Å²) >= 11 is 6.16. The Morgan fingerprint density at radius 2 is 2.37 bits per heavy atom. The van der Waals surface area contributed by atoms with Crippen LogP contribution in [0.3, 0.4) is 0 Å². The van der Waals surface area contributed by atoms with Crippen LogP contribution in [0.25, 0.3) is 0 Å². The van der Waals surface area contributed by atoms with E-state index in [1.807, 2.05) is 24.3 Å². The number of rotatable bonds is 3. The van der Waals surface area contributed by atoms with Crippen LogP contribution in [-0.4, -0.2) is 37.2 Å². The molecule has 0 unspecified atom stereocenters. The molecule has 1 atom stereocenters. The average molecular weight is 281 g/mol. The number of morpholine rings is 1. The predicted molar refractivity (Wildman–Crippen MR) is 75.3 cm³/mol. The molecule has 102 valence electrons. The molecule has 1 N–H and O–H groups in total. The van der Waals surface area contributed by atoms with Crippen molar-refractivity contribution in [3.8, 4) is 0 Å². The molecule has 1 aliphatic rings. The van der Waals surface area contributed by atoms with Crippen molar-refractivity contribution >= 4 is 17.6 Å². The molecule has 2 amide bonds. The SMILES string of the molecule is C=CCNC(=O)N1CCO[C@H](c2ccccc2Cl)C1. The van der Waals surface area contributed by atoms with Crippen LogP contribution in [-0.2, 0) is 4.74 Å². The van der Waals surface area contributed by atoms with Crippen LogP contribution in [0.2, 0.25) is 5.02 Å². The fraction of sp³-hybridized carbons (Fsp3) is 0.357. The summed E-state index contributed by atoms with van der Waals surface area (Å²) in [4.78, 5) is 13.6. The third-order valence-electron chi connectivity index (χ3n) is 3.00. The molecule has 4 nitrogen and oxygen atoms in total. The van der Waals surface area contributed by atoms with E-state index in [2.05, 4.69) is 11.9 Å². The van der Waals surface area contributed by atoms with Gasteiger partial charge in [-0.3, -0.25) is 0 Å². The van der Waals surface area contributed by atoms with Crippen LogP contribution in [0.5, 0.6) is 0 Å². The molecule has 2 rings (SSSR count). The quantitative estimate of drug-likeness (QED) is 0.865. The maximum atomic E-state index is 11.9. The first-order chi connectivity index (χ1) is 9.22. The van der Waals surface area contributed by atoms with Crippen molar-refractivity contribution in [3.05, 3.63) is 47.5 Å². The zero-order chi connectivity index (χ0) is 13.7. The fourth-order valence-corrected chi connectivity index (χ4v) is 2.29. The van der Waals surface area contributed by atoms with Crippen molar-refractivity contribution in [1.82, 2.24) is 10.2 Å². The smallest absolute Gasteiger partial charge is 0.317 e. The van der Waals surface area contributed by atoms with E-state index in [0.29, 0.717) is 31.3 Å². The minimum atomic E-state index is -0.170. The first kappa shape index (κ1) is 13.9. The predicted octanol–water partition coefficient (Wildman–Crippen LogP) is 2.61. The number of ether oxygens (including phenoxy) is 1. The summed E-state index contributed by atoms with van der Waals surface area (Å²) in [6, 6.07) is 7.46. The van der Waals surface area contributed by atoms with Gasteiger partial charge in [0, 0.05) is 23.7 Å². The third-order valence-corrected chi connectivity index (χ3v) is 3.35. The Morgan fingerprint density at radius 1 is 1.58 bits per heavy atom. The molecule has 1 aliphatic heterocycles. The summed E-state index contributed by atoms with van der Waals surface area (Å²) in [6.07, 6.45) is 1.49. The molecule has 1 fully saturated rings. The van der Waals surface area contributed by atoms with E-state index in [4.69, 9.17) is 16.3 Å². The van der Waals surface area contributed by atoms with Gasteiger partial charge in [-0.15, -0.1) is 6.58 Å². The number of hydrogen-bond acceptors (Lipinski definition) is 2. The molecule has 0 aromatic heterocycles. The second kappa shape index (κ2) is 6.59. The minimum Gasteiger partial charge on any atom is -0.370 e. The molecular weight excluding hydrogens is 264 g/mol. The van der Waals surface area contributed by atoms with E-state index < -0.39 is 0 Å². The number of nitrogens with zero attached hydrogens (tertiary/aromatic N) is 1. The molecule has 1 aromatic carbocycles. The molecule has 1 saturated heterocycles. The van der Waals surface area contributed by atoms with E-state index in [9.17, 15) is 4.79 Å². The molecule has 0 aliphatic carbocycles. The van der Waals surface area contributed by atoms with Gasteiger partial charge in [0.25, 0.3) is 0 Å². The maximum Gasteiger partial charge on any atom is 0.317 e. The van der Waals surface area contributed by atoms with Crippen molar-refractivity contribution < 1.29 is 9.53 Å². The van der Waals surface area contributed by atoms with Gasteiger partial charge in [0.05, 0.1) is 13.2 Å². The summed E-state index contributed by atoms with van der Waals surface area (Å²) < 4.78 is 5.70. The first-order valence-corrected chi connectivity index (χ1v) is 6.60. The Kier molecular flexibility index (Phi) is 4.82. The lowest BCUT2D eigenvalue weighted by Crippen LogP contribution is -2.47. The van der Waals surface area contributed by atoms with Gasteiger partial charge in [-0.25, -0.2) is 4.79 Å². The van der Waals surface area contributed by atoms with E-state index in [1.165, 1.54) is 0 Å². The topological polar surface area (TPSA) is 41.6 Å². The maximum absolute atomic E-state index is 11.9. The lowest BCUT2D eigenvalue weighted by Gasteiger charge is -2.33. The number of carbonyl (C=O) groups is 1. The largest absolute Gasteiger partial charge is 0.370 e. The van der Waals surface area contributed by atoms with E-state index in [-0.39, 0.29) is 12.1 Å². The standard InChI is InChI=1S/C14H17ClN2O2/c1-2-7-16-14(18)17-8-9-19-13(10-17)11-5-3-4-6-12(11)15/h2-6,13H,1,7-10H2,(H,16,18)/t13-/m0/s1. The number of halogens is 1. The van der Waals surface area contributed by atoms with Crippen molar-refractivity contribution in [2.45, 2.75) is 6.10 Å². The number of carbonyl (C=O) groups excluding carboxylic acids is 1. The normalized spacial score (nSPS) is 19.0. The van der Waals surface area contributed by atoms with Crippen molar-refractivity contribution in [2.24, 2.45) is 0 Å². The Morgan fingerprint density at radius 3 is 3.11 bits per heavy atom. The fourth-order valence-electron chi connectivity index (χ4n) is 2.03. The molecule has 19 heavy (non-hydrogen) atoms. The van der Waals surface area contributed by atoms with Gasteiger partial charge < -0.3 is 15.0 Å². The third kappa shape index (κ3) is 3.49. The summed E-state index contributed by atoms with van der Waals surface area (Å²) in [5.74, 6) is 0. The van der Waals surface area contributed by atoms with Crippen LogP contribution in [0.15, 0.2) is 36.9 Å². The number of benzene rings is 1. The van der Waals surface area contributed by atoms with Gasteiger partial charge in [-0.1, -0.05) is 35.9 Å². The van der Waals surface area contributed by atoms with Crippen LogP contribution >= 0.6 is 11.6 Å². The highest BCUT2D eigenvalue weighted by Gasteiger charge is 2.26. The summed E-state index contributed by atoms with van der Waals surface area (Å²) in [5.41, 5.74) is 0.922. The Balaban J connectivity index is 2.03. The molecule has 1 aromatic rings. The van der Waals surface area contributed by atoms with E-state index in [0.717, 1.165) is 5.56 Å². The lowest BCUT2D eigenvalue weighted by molar-refractivity contribution is -0.0152. The highest BCUT2D eigenvalue weighted by molar-refractivity contribution is 6.31. The summed E-state index contributed by atoms with van der Waals surface area (Å²) in [5, 5.41) is 3.44. The van der Waals surface area contributed by atoms with Crippen molar-refractivity contribution in [3.63, 3.8) is 0 Å². The van der Waals surface area contributed by atoms with Crippen molar-refractivity contribution in [2.75, 3.05) is 26.2 Å². The molecule has 5 heteroatoms. The highest BCUT2D eigenvalue weighted by atomic mass is 35.5. The Hall–Kier alpha value is -1.52. The Bertz CT molecular complexity index is 465. The number of amides is 2.